The van der Waals surface area contributed by atoms with Crippen molar-refractivity contribution in [3.05, 3.63) is 58.1 Å². The SMILES string of the molecule is O=C(CC(=O)Nc1c(Cl)cccc1Cl)Nc1ccccc1C(F)(F)F. The van der Waals surface area contributed by atoms with Crippen LogP contribution in [-0.2, 0) is 15.8 Å². The molecule has 132 valence electrons. The Balaban J connectivity index is 2.05. The number of para-hydroxylation sites is 2. The van der Waals surface area contributed by atoms with Gasteiger partial charge in [0.1, 0.15) is 6.42 Å². The minimum atomic E-state index is -4.63. The van der Waals surface area contributed by atoms with Gasteiger partial charge in [-0.2, -0.15) is 13.2 Å². The molecule has 0 heterocycles. The molecule has 0 aliphatic heterocycles. The average Bonchev–Trinajstić information content (AvgIpc) is 2.50. The summed E-state index contributed by atoms with van der Waals surface area (Å²) < 4.78 is 38.6. The lowest BCUT2D eigenvalue weighted by Gasteiger charge is -2.13. The van der Waals surface area contributed by atoms with Crippen LogP contribution in [0.2, 0.25) is 10.0 Å². The second-order valence-corrected chi connectivity index (χ2v) is 5.73. The van der Waals surface area contributed by atoms with Gasteiger partial charge >= 0.3 is 6.18 Å². The molecule has 25 heavy (non-hydrogen) atoms. The molecule has 0 aliphatic carbocycles. The van der Waals surface area contributed by atoms with Crippen LogP contribution in [0.1, 0.15) is 12.0 Å². The smallest absolute Gasteiger partial charge is 0.325 e. The van der Waals surface area contributed by atoms with Crippen LogP contribution in [0.5, 0.6) is 0 Å². The van der Waals surface area contributed by atoms with Gasteiger partial charge < -0.3 is 10.6 Å². The number of benzene rings is 2. The number of hydrogen-bond donors (Lipinski definition) is 2. The summed E-state index contributed by atoms with van der Waals surface area (Å²) in [5.74, 6) is -1.67. The topological polar surface area (TPSA) is 58.2 Å². The molecular weight excluding hydrogens is 380 g/mol. The van der Waals surface area contributed by atoms with E-state index in [0.29, 0.717) is 0 Å². The zero-order valence-electron chi connectivity index (χ0n) is 12.5. The van der Waals surface area contributed by atoms with Crippen LogP contribution in [0.3, 0.4) is 0 Å². The molecule has 9 heteroatoms. The lowest BCUT2D eigenvalue weighted by molar-refractivity contribution is -0.137. The molecule has 0 saturated carbocycles. The van der Waals surface area contributed by atoms with Crippen LogP contribution in [0.15, 0.2) is 42.5 Å². The largest absolute Gasteiger partial charge is 0.418 e. The van der Waals surface area contributed by atoms with Crippen LogP contribution in [0.25, 0.3) is 0 Å². The number of carbonyl (C=O) groups excluding carboxylic acids is 2. The number of carbonyl (C=O) groups is 2. The first-order chi connectivity index (χ1) is 11.7. The summed E-state index contributed by atoms with van der Waals surface area (Å²) in [5, 5.41) is 4.77. The van der Waals surface area contributed by atoms with Crippen LogP contribution in [0, 0.1) is 0 Å². The van der Waals surface area contributed by atoms with E-state index in [4.69, 9.17) is 23.2 Å². The summed E-state index contributed by atoms with van der Waals surface area (Å²) >= 11 is 11.8. The minimum absolute atomic E-state index is 0.124. The van der Waals surface area contributed by atoms with E-state index in [2.05, 4.69) is 10.6 Å². The van der Waals surface area contributed by atoms with Crippen molar-refractivity contribution in [2.24, 2.45) is 0 Å². The summed E-state index contributed by atoms with van der Waals surface area (Å²) in [7, 11) is 0. The van der Waals surface area contributed by atoms with E-state index >= 15 is 0 Å². The fourth-order valence-electron chi connectivity index (χ4n) is 1.98. The molecular formula is C16H11Cl2F3N2O2. The van der Waals surface area contributed by atoms with Gasteiger partial charge in [0.05, 0.1) is 27.0 Å². The van der Waals surface area contributed by atoms with Crippen molar-refractivity contribution in [3.63, 3.8) is 0 Å². The van der Waals surface area contributed by atoms with E-state index in [1.54, 1.807) is 6.07 Å². The molecule has 2 aromatic rings. The number of halogens is 5. The van der Waals surface area contributed by atoms with Crippen LogP contribution in [-0.4, -0.2) is 11.8 Å². The fourth-order valence-corrected chi connectivity index (χ4v) is 2.47. The Labute approximate surface area is 150 Å². The summed E-state index contributed by atoms with van der Waals surface area (Å²) in [4.78, 5) is 23.7. The summed E-state index contributed by atoms with van der Waals surface area (Å²) in [6.07, 6.45) is -5.33. The first-order valence-corrected chi connectivity index (χ1v) is 7.64. The Morgan fingerprint density at radius 3 is 2.04 bits per heavy atom. The van der Waals surface area contributed by atoms with Crippen molar-refractivity contribution < 1.29 is 22.8 Å². The third-order valence-electron chi connectivity index (χ3n) is 3.05. The van der Waals surface area contributed by atoms with Crippen LogP contribution >= 0.6 is 23.2 Å². The second kappa shape index (κ2) is 7.76. The van der Waals surface area contributed by atoms with Crippen molar-refractivity contribution in [3.8, 4) is 0 Å². The number of rotatable bonds is 4. The highest BCUT2D eigenvalue weighted by Crippen LogP contribution is 2.34. The summed E-state index contributed by atoms with van der Waals surface area (Å²) in [6.45, 7) is 0. The van der Waals surface area contributed by atoms with Crippen molar-refractivity contribution in [1.82, 2.24) is 0 Å². The van der Waals surface area contributed by atoms with E-state index in [-0.39, 0.29) is 15.7 Å². The highest BCUT2D eigenvalue weighted by Gasteiger charge is 2.33. The average molecular weight is 391 g/mol. The van der Waals surface area contributed by atoms with Gasteiger partial charge in [-0.1, -0.05) is 41.4 Å². The first kappa shape index (κ1) is 19.1. The Hall–Kier alpha value is -2.25. The summed E-state index contributed by atoms with van der Waals surface area (Å²) in [5.41, 5.74) is -1.30. The minimum Gasteiger partial charge on any atom is -0.325 e. The summed E-state index contributed by atoms with van der Waals surface area (Å²) in [6, 6.07) is 9.02. The molecule has 4 nitrogen and oxygen atoms in total. The van der Waals surface area contributed by atoms with Gasteiger partial charge in [0.2, 0.25) is 11.8 Å². The van der Waals surface area contributed by atoms with Gasteiger partial charge in [0.25, 0.3) is 0 Å². The third-order valence-corrected chi connectivity index (χ3v) is 3.68. The highest BCUT2D eigenvalue weighted by molar-refractivity contribution is 6.39. The fraction of sp³-hybridized carbons (Fsp3) is 0.125. The molecule has 0 bridgehead atoms. The van der Waals surface area contributed by atoms with E-state index in [1.165, 1.54) is 24.3 Å². The maximum Gasteiger partial charge on any atom is 0.418 e. The van der Waals surface area contributed by atoms with Crippen molar-refractivity contribution >= 4 is 46.4 Å². The molecule has 0 radical (unpaired) electrons. The van der Waals surface area contributed by atoms with Gasteiger partial charge in [0.15, 0.2) is 0 Å². The molecule has 0 aliphatic rings. The lowest BCUT2D eigenvalue weighted by Crippen LogP contribution is -2.23. The zero-order valence-corrected chi connectivity index (χ0v) is 14.0. The Morgan fingerprint density at radius 2 is 1.44 bits per heavy atom. The molecule has 0 unspecified atom stereocenters. The highest BCUT2D eigenvalue weighted by atomic mass is 35.5. The number of anilines is 2. The molecule has 2 amide bonds. The number of amides is 2. The Morgan fingerprint density at radius 1 is 0.880 bits per heavy atom. The normalized spacial score (nSPS) is 11.1. The molecule has 2 rings (SSSR count). The van der Waals surface area contributed by atoms with Crippen LogP contribution in [0.4, 0.5) is 24.5 Å². The van der Waals surface area contributed by atoms with Crippen molar-refractivity contribution in [2.45, 2.75) is 12.6 Å². The zero-order chi connectivity index (χ0) is 18.6. The molecule has 2 N–H and O–H groups in total. The lowest BCUT2D eigenvalue weighted by atomic mass is 10.1. The molecule has 0 saturated heterocycles. The number of nitrogens with one attached hydrogen (secondary N) is 2. The predicted octanol–water partition coefficient (Wildman–Crippen LogP) is 4.98. The van der Waals surface area contributed by atoms with Crippen molar-refractivity contribution in [2.75, 3.05) is 10.6 Å². The van der Waals surface area contributed by atoms with E-state index in [9.17, 15) is 22.8 Å². The molecule has 0 aromatic heterocycles. The number of hydrogen-bond acceptors (Lipinski definition) is 2. The van der Waals surface area contributed by atoms with Crippen LogP contribution < -0.4 is 10.6 Å². The predicted molar refractivity (Wildman–Crippen MR) is 89.8 cm³/mol. The monoisotopic (exact) mass is 390 g/mol. The Bertz CT molecular complexity index is 790. The maximum absolute atomic E-state index is 12.9. The van der Waals surface area contributed by atoms with E-state index in [0.717, 1.165) is 12.1 Å². The second-order valence-electron chi connectivity index (χ2n) is 4.91. The molecule has 2 aromatic carbocycles. The number of alkyl halides is 3. The third kappa shape index (κ3) is 5.11. The first-order valence-electron chi connectivity index (χ1n) is 6.88. The standard InChI is InChI=1S/C16H11Cl2F3N2O2/c17-10-5-3-6-11(18)15(10)23-14(25)8-13(24)22-12-7-2-1-4-9(12)16(19,20)21/h1-7H,8H2,(H,22,24)(H,23,25). The van der Waals surface area contributed by atoms with E-state index in [1.807, 2.05) is 0 Å². The molecule has 0 fully saturated rings. The maximum atomic E-state index is 12.9. The van der Waals surface area contributed by atoms with Gasteiger partial charge in [0, 0.05) is 0 Å². The van der Waals surface area contributed by atoms with Gasteiger partial charge in [-0.05, 0) is 24.3 Å². The van der Waals surface area contributed by atoms with E-state index < -0.39 is 35.7 Å². The molecule has 0 atom stereocenters. The quantitative estimate of drug-likeness (QED) is 0.723. The molecule has 0 spiro atoms. The Kier molecular flexibility index (Phi) is 5.92. The van der Waals surface area contributed by atoms with Gasteiger partial charge in [-0.15, -0.1) is 0 Å². The van der Waals surface area contributed by atoms with Gasteiger partial charge in [-0.25, -0.2) is 0 Å². The van der Waals surface area contributed by atoms with Crippen molar-refractivity contribution in [1.29, 1.82) is 0 Å². The van der Waals surface area contributed by atoms with Gasteiger partial charge in [-0.3, -0.25) is 9.59 Å².